The van der Waals surface area contributed by atoms with Gasteiger partial charge in [0.25, 0.3) is 0 Å². The summed E-state index contributed by atoms with van der Waals surface area (Å²) in [5.41, 5.74) is 3.24. The second kappa shape index (κ2) is 5.56. The molecule has 8 N–H and O–H groups in total. The number of hydrazine groups is 2. The third-order valence-corrected chi connectivity index (χ3v) is 1.70. The average molecular weight is 258 g/mol. The van der Waals surface area contributed by atoms with Crippen LogP contribution in [-0.4, -0.2) is 22.4 Å². The lowest BCUT2D eigenvalue weighted by Gasteiger charge is -2.12. The SMILES string of the molecule is NNC(=O)Oc1c(O)ccc(O)c1OC(=O)NN. The second-order valence-electron chi connectivity index (χ2n) is 2.83. The molecule has 0 aliphatic rings. The van der Waals surface area contributed by atoms with Crippen LogP contribution in [0.25, 0.3) is 0 Å². The van der Waals surface area contributed by atoms with Crippen molar-refractivity contribution in [1.29, 1.82) is 0 Å². The summed E-state index contributed by atoms with van der Waals surface area (Å²) in [4.78, 5) is 21.8. The van der Waals surface area contributed by atoms with Crippen molar-refractivity contribution in [3.8, 4) is 23.0 Å². The Balaban J connectivity index is 3.15. The van der Waals surface area contributed by atoms with Crippen LogP contribution in [0.4, 0.5) is 9.59 Å². The Labute approximate surface area is 100 Å². The molecule has 1 aromatic rings. The number of nitrogens with one attached hydrogen (secondary N) is 2. The molecule has 1 rings (SSSR count). The lowest BCUT2D eigenvalue weighted by molar-refractivity contribution is 0.186. The van der Waals surface area contributed by atoms with Crippen LogP contribution in [-0.2, 0) is 0 Å². The molecule has 0 aliphatic carbocycles. The van der Waals surface area contributed by atoms with Crippen LogP contribution in [0.15, 0.2) is 12.1 Å². The number of rotatable bonds is 2. The standard InChI is InChI=1S/C8H10N4O6/c9-11-7(15)17-5-3(13)1-2-4(14)6(5)18-8(16)12-10/h1-2,13-14H,9-10H2,(H,11,15)(H,12,16). The van der Waals surface area contributed by atoms with E-state index in [0.717, 1.165) is 12.1 Å². The first-order valence-corrected chi connectivity index (χ1v) is 4.41. The summed E-state index contributed by atoms with van der Waals surface area (Å²) in [6.45, 7) is 0. The van der Waals surface area contributed by atoms with Gasteiger partial charge in [0.05, 0.1) is 0 Å². The Bertz CT molecular complexity index is 434. The number of carbonyl (C=O) groups excluding carboxylic acids is 2. The van der Waals surface area contributed by atoms with E-state index in [9.17, 15) is 19.8 Å². The van der Waals surface area contributed by atoms with E-state index in [1.807, 2.05) is 0 Å². The maximum Gasteiger partial charge on any atom is 0.427 e. The van der Waals surface area contributed by atoms with Gasteiger partial charge in [-0.05, 0) is 12.1 Å². The van der Waals surface area contributed by atoms with Crippen molar-refractivity contribution in [2.24, 2.45) is 11.7 Å². The number of amides is 2. The Hall–Kier alpha value is -2.72. The highest BCUT2D eigenvalue weighted by Crippen LogP contribution is 2.43. The van der Waals surface area contributed by atoms with Gasteiger partial charge in [0.1, 0.15) is 0 Å². The van der Waals surface area contributed by atoms with Crippen molar-refractivity contribution in [3.05, 3.63) is 12.1 Å². The van der Waals surface area contributed by atoms with Crippen LogP contribution in [0.5, 0.6) is 23.0 Å². The van der Waals surface area contributed by atoms with Gasteiger partial charge in [-0.2, -0.15) is 0 Å². The Kier molecular flexibility index (Phi) is 4.12. The maximum absolute atomic E-state index is 10.9. The highest BCUT2D eigenvalue weighted by molar-refractivity contribution is 5.77. The smallest absolute Gasteiger partial charge is 0.427 e. The summed E-state index contributed by atoms with van der Waals surface area (Å²) in [6.07, 6.45) is -2.29. The maximum atomic E-state index is 10.9. The summed E-state index contributed by atoms with van der Waals surface area (Å²) in [7, 11) is 0. The van der Waals surface area contributed by atoms with E-state index in [-0.39, 0.29) is 0 Å². The first kappa shape index (κ1) is 13.3. The molecule has 98 valence electrons. The van der Waals surface area contributed by atoms with Crippen molar-refractivity contribution in [2.45, 2.75) is 0 Å². The van der Waals surface area contributed by atoms with E-state index >= 15 is 0 Å². The summed E-state index contributed by atoms with van der Waals surface area (Å²) in [5, 5.41) is 18.9. The minimum Gasteiger partial charge on any atom is -0.504 e. The molecule has 0 radical (unpaired) electrons. The van der Waals surface area contributed by atoms with Crippen molar-refractivity contribution in [1.82, 2.24) is 10.9 Å². The van der Waals surface area contributed by atoms with Gasteiger partial charge in [0.2, 0.25) is 11.5 Å². The highest BCUT2D eigenvalue weighted by Gasteiger charge is 2.21. The van der Waals surface area contributed by atoms with Crippen molar-refractivity contribution < 1.29 is 29.3 Å². The van der Waals surface area contributed by atoms with E-state index in [2.05, 4.69) is 9.47 Å². The first-order valence-electron chi connectivity index (χ1n) is 4.41. The summed E-state index contributed by atoms with van der Waals surface area (Å²) in [6, 6.07) is 2.03. The zero-order valence-corrected chi connectivity index (χ0v) is 8.84. The third kappa shape index (κ3) is 2.90. The van der Waals surface area contributed by atoms with E-state index in [1.54, 1.807) is 10.9 Å². The lowest BCUT2D eigenvalue weighted by Crippen LogP contribution is -2.34. The molecule has 10 nitrogen and oxygen atoms in total. The number of nitrogens with two attached hydrogens (primary N) is 2. The van der Waals surface area contributed by atoms with E-state index in [1.165, 1.54) is 0 Å². The minimum absolute atomic E-state index is 0.559. The predicted molar refractivity (Wildman–Crippen MR) is 56.5 cm³/mol. The van der Waals surface area contributed by atoms with Gasteiger partial charge in [0.15, 0.2) is 11.5 Å². The van der Waals surface area contributed by atoms with E-state index in [0.29, 0.717) is 0 Å². The Morgan fingerprint density at radius 1 is 0.944 bits per heavy atom. The average Bonchev–Trinajstić information content (AvgIpc) is 2.37. The van der Waals surface area contributed by atoms with E-state index in [4.69, 9.17) is 11.7 Å². The molecular weight excluding hydrogens is 248 g/mol. The number of hydrogen-bond donors (Lipinski definition) is 6. The second-order valence-corrected chi connectivity index (χ2v) is 2.83. The molecule has 0 aromatic heterocycles. The van der Waals surface area contributed by atoms with Crippen LogP contribution in [0.1, 0.15) is 0 Å². The Morgan fingerprint density at radius 2 is 1.28 bits per heavy atom. The fourth-order valence-corrected chi connectivity index (χ4v) is 0.983. The summed E-state index contributed by atoms with van der Waals surface area (Å²) in [5.74, 6) is 7.24. The van der Waals surface area contributed by atoms with Crippen LogP contribution < -0.4 is 32.0 Å². The molecule has 0 bridgehead atoms. The predicted octanol–water partition coefficient (Wildman–Crippen LogP) is -0.978. The fraction of sp³-hybridized carbons (Fsp3) is 0. The molecule has 0 saturated heterocycles. The van der Waals surface area contributed by atoms with Crippen molar-refractivity contribution in [2.75, 3.05) is 0 Å². The van der Waals surface area contributed by atoms with Gasteiger partial charge in [-0.1, -0.05) is 0 Å². The first-order chi connectivity index (χ1) is 8.49. The highest BCUT2D eigenvalue weighted by atomic mass is 16.6. The van der Waals surface area contributed by atoms with Gasteiger partial charge in [0, 0.05) is 0 Å². The lowest BCUT2D eigenvalue weighted by atomic mass is 10.2. The number of ether oxygens (including phenoxy) is 2. The number of phenolic OH excluding ortho intramolecular Hbond substituents is 2. The van der Waals surface area contributed by atoms with Gasteiger partial charge in [-0.25, -0.2) is 21.3 Å². The van der Waals surface area contributed by atoms with Crippen LogP contribution in [0, 0.1) is 0 Å². The molecule has 10 heteroatoms. The molecule has 0 fully saturated rings. The van der Waals surface area contributed by atoms with Crippen LogP contribution in [0.2, 0.25) is 0 Å². The summed E-state index contributed by atoms with van der Waals surface area (Å²) >= 11 is 0. The summed E-state index contributed by atoms with van der Waals surface area (Å²) < 4.78 is 9.04. The number of phenols is 2. The number of benzene rings is 1. The third-order valence-electron chi connectivity index (χ3n) is 1.70. The monoisotopic (exact) mass is 258 g/mol. The zero-order valence-electron chi connectivity index (χ0n) is 8.84. The molecule has 0 unspecified atom stereocenters. The van der Waals surface area contributed by atoms with E-state index < -0.39 is 35.2 Å². The zero-order chi connectivity index (χ0) is 13.7. The van der Waals surface area contributed by atoms with Crippen molar-refractivity contribution in [3.63, 3.8) is 0 Å². The quantitative estimate of drug-likeness (QED) is 0.170. The minimum atomic E-state index is -1.14. The van der Waals surface area contributed by atoms with Crippen LogP contribution >= 0.6 is 0 Å². The van der Waals surface area contributed by atoms with Crippen LogP contribution in [0.3, 0.4) is 0 Å². The molecule has 0 spiro atoms. The van der Waals surface area contributed by atoms with Gasteiger partial charge in [-0.15, -0.1) is 0 Å². The number of aromatic hydroxyl groups is 2. The molecule has 18 heavy (non-hydrogen) atoms. The van der Waals surface area contributed by atoms with Gasteiger partial charge in [-0.3, -0.25) is 10.9 Å². The molecule has 0 atom stereocenters. The van der Waals surface area contributed by atoms with Gasteiger partial charge < -0.3 is 19.7 Å². The molecular formula is C8H10N4O6. The normalized spacial score (nSPS) is 9.44. The molecule has 1 aromatic carbocycles. The topological polar surface area (TPSA) is 169 Å². The molecule has 0 saturated carbocycles. The number of hydrogen-bond acceptors (Lipinski definition) is 8. The molecule has 2 amide bonds. The number of carbonyl (C=O) groups is 2. The van der Waals surface area contributed by atoms with Crippen molar-refractivity contribution >= 4 is 12.2 Å². The molecule has 0 heterocycles. The Morgan fingerprint density at radius 3 is 1.56 bits per heavy atom. The molecule has 0 aliphatic heterocycles. The fourth-order valence-electron chi connectivity index (χ4n) is 0.983. The largest absolute Gasteiger partial charge is 0.504 e. The van der Waals surface area contributed by atoms with Gasteiger partial charge >= 0.3 is 12.2 Å².